The number of rotatable bonds is 2. The second-order valence-electron chi connectivity index (χ2n) is 4.79. The fourth-order valence-corrected chi connectivity index (χ4v) is 1.84. The molecule has 1 rings (SSSR count). The minimum Gasteiger partial charge on any atom is -0.465 e. The topological polar surface area (TPSA) is 64.6 Å². The van der Waals surface area contributed by atoms with Gasteiger partial charge in [-0.3, -0.25) is 5.32 Å². The summed E-state index contributed by atoms with van der Waals surface area (Å²) in [5, 5.41) is 2.57. The first-order chi connectivity index (χ1) is 8.74. The molecular weight excluding hydrogens is 314 g/mol. The fourth-order valence-electron chi connectivity index (χ4n) is 1.31. The van der Waals surface area contributed by atoms with E-state index in [0.717, 1.165) is 0 Å². The molecule has 1 aromatic rings. The summed E-state index contributed by atoms with van der Waals surface area (Å²) < 4.78 is 10.2. The Morgan fingerprint density at radius 1 is 1.26 bits per heavy atom. The minimum absolute atomic E-state index is 0.330. The van der Waals surface area contributed by atoms with Crippen LogP contribution >= 0.6 is 15.9 Å². The summed E-state index contributed by atoms with van der Waals surface area (Å²) in [5.74, 6) is -0.486. The molecule has 0 atom stereocenters. The normalized spacial score (nSPS) is 10.8. The smallest absolute Gasteiger partial charge is 0.412 e. The van der Waals surface area contributed by atoms with Crippen LogP contribution in [-0.4, -0.2) is 24.8 Å². The predicted molar refractivity (Wildman–Crippen MR) is 75.3 cm³/mol. The second-order valence-corrected chi connectivity index (χ2v) is 5.58. The van der Waals surface area contributed by atoms with Crippen LogP contribution in [0.5, 0.6) is 0 Å². The number of nitrogens with one attached hydrogen (secondary N) is 1. The van der Waals surface area contributed by atoms with Gasteiger partial charge in [-0.25, -0.2) is 9.59 Å². The third-order valence-corrected chi connectivity index (χ3v) is 2.89. The molecule has 0 radical (unpaired) electrons. The number of carbonyl (C=O) groups excluding carboxylic acids is 2. The Morgan fingerprint density at radius 2 is 1.89 bits per heavy atom. The Labute approximate surface area is 120 Å². The van der Waals surface area contributed by atoms with Crippen molar-refractivity contribution in [3.8, 4) is 0 Å². The number of hydrogen-bond donors (Lipinski definition) is 1. The number of amides is 1. The summed E-state index contributed by atoms with van der Waals surface area (Å²) in [6.07, 6.45) is -0.588. The molecule has 0 aromatic heterocycles. The second kappa shape index (κ2) is 6.06. The van der Waals surface area contributed by atoms with Crippen molar-refractivity contribution in [2.24, 2.45) is 0 Å². The first-order valence-corrected chi connectivity index (χ1v) is 6.40. The van der Waals surface area contributed by atoms with Crippen LogP contribution in [0.2, 0.25) is 0 Å². The largest absolute Gasteiger partial charge is 0.465 e. The number of halogens is 1. The molecule has 5 nitrogen and oxygen atoms in total. The van der Waals surface area contributed by atoms with E-state index < -0.39 is 17.7 Å². The molecule has 1 aromatic carbocycles. The predicted octanol–water partition coefficient (Wildman–Crippen LogP) is 3.58. The van der Waals surface area contributed by atoms with Gasteiger partial charge in [0.1, 0.15) is 5.60 Å². The molecule has 0 spiro atoms. The van der Waals surface area contributed by atoms with Crippen LogP contribution in [0.1, 0.15) is 31.1 Å². The standard InChI is InChI=1S/C13H16BrNO4/c1-13(2,3)19-12(17)15-9-7-5-6-8(10(9)14)11(16)18-4/h5-7H,1-4H3,(H,15,17). The Kier molecular flexibility index (Phi) is 4.94. The Balaban J connectivity index is 2.91. The third kappa shape index (κ3) is 4.55. The van der Waals surface area contributed by atoms with E-state index in [1.807, 2.05) is 0 Å². The SMILES string of the molecule is COC(=O)c1cccc(NC(=O)OC(C)(C)C)c1Br. The maximum atomic E-state index is 11.7. The molecule has 1 amide bonds. The summed E-state index contributed by atoms with van der Waals surface area (Å²) >= 11 is 3.26. The van der Waals surface area contributed by atoms with Crippen molar-refractivity contribution >= 4 is 33.7 Å². The van der Waals surface area contributed by atoms with Crippen LogP contribution in [0, 0.1) is 0 Å². The lowest BCUT2D eigenvalue weighted by Gasteiger charge is -2.20. The Bertz CT molecular complexity index is 494. The summed E-state index contributed by atoms with van der Waals surface area (Å²) in [7, 11) is 1.29. The molecule has 0 unspecified atom stereocenters. The van der Waals surface area contributed by atoms with Gasteiger partial charge in [0.2, 0.25) is 0 Å². The van der Waals surface area contributed by atoms with Gasteiger partial charge >= 0.3 is 12.1 Å². The van der Waals surface area contributed by atoms with Crippen molar-refractivity contribution < 1.29 is 19.1 Å². The van der Waals surface area contributed by atoms with Crippen molar-refractivity contribution in [1.29, 1.82) is 0 Å². The lowest BCUT2D eigenvalue weighted by atomic mass is 10.2. The monoisotopic (exact) mass is 329 g/mol. The molecule has 0 aliphatic heterocycles. The number of methoxy groups -OCH3 is 1. The summed E-state index contributed by atoms with van der Waals surface area (Å²) in [5.41, 5.74) is 0.185. The highest BCUT2D eigenvalue weighted by molar-refractivity contribution is 9.10. The number of carbonyl (C=O) groups is 2. The summed E-state index contributed by atoms with van der Waals surface area (Å²) in [6.45, 7) is 5.31. The highest BCUT2D eigenvalue weighted by atomic mass is 79.9. The molecule has 104 valence electrons. The first kappa shape index (κ1) is 15.5. The van der Waals surface area contributed by atoms with Gasteiger partial charge in [0.05, 0.1) is 22.8 Å². The van der Waals surface area contributed by atoms with E-state index in [1.165, 1.54) is 7.11 Å². The van der Waals surface area contributed by atoms with E-state index >= 15 is 0 Å². The average molecular weight is 330 g/mol. The number of ether oxygens (including phenoxy) is 2. The van der Waals surface area contributed by atoms with E-state index in [2.05, 4.69) is 26.0 Å². The molecule has 0 saturated heterocycles. The van der Waals surface area contributed by atoms with Gasteiger partial charge < -0.3 is 9.47 Å². The van der Waals surface area contributed by atoms with Crippen LogP contribution in [0.4, 0.5) is 10.5 Å². The molecule has 1 N–H and O–H groups in total. The zero-order valence-corrected chi connectivity index (χ0v) is 12.8. The molecule has 0 aliphatic carbocycles. The summed E-state index contributed by atoms with van der Waals surface area (Å²) in [6, 6.07) is 4.89. The molecule has 0 bridgehead atoms. The van der Waals surface area contributed by atoms with Gasteiger partial charge in [-0.1, -0.05) is 6.07 Å². The van der Waals surface area contributed by atoms with E-state index in [1.54, 1.807) is 39.0 Å². The van der Waals surface area contributed by atoms with Crippen molar-refractivity contribution in [3.63, 3.8) is 0 Å². The van der Waals surface area contributed by atoms with Crippen molar-refractivity contribution in [2.75, 3.05) is 12.4 Å². The zero-order valence-electron chi connectivity index (χ0n) is 11.2. The third-order valence-electron chi connectivity index (χ3n) is 2.04. The van der Waals surface area contributed by atoms with Gasteiger partial charge in [0, 0.05) is 0 Å². The van der Waals surface area contributed by atoms with E-state index in [-0.39, 0.29) is 0 Å². The number of anilines is 1. The number of hydrogen-bond acceptors (Lipinski definition) is 4. The van der Waals surface area contributed by atoms with E-state index in [9.17, 15) is 9.59 Å². The molecule has 0 fully saturated rings. The highest BCUT2D eigenvalue weighted by Gasteiger charge is 2.19. The average Bonchev–Trinajstić information content (AvgIpc) is 2.28. The highest BCUT2D eigenvalue weighted by Crippen LogP contribution is 2.27. The van der Waals surface area contributed by atoms with Gasteiger partial charge in [-0.2, -0.15) is 0 Å². The van der Waals surface area contributed by atoms with Crippen molar-refractivity contribution in [3.05, 3.63) is 28.2 Å². The quantitative estimate of drug-likeness (QED) is 0.842. The molecule has 0 aliphatic rings. The van der Waals surface area contributed by atoms with E-state index in [4.69, 9.17) is 4.74 Å². The molecule has 6 heteroatoms. The zero-order chi connectivity index (χ0) is 14.6. The lowest BCUT2D eigenvalue weighted by Crippen LogP contribution is -2.27. The van der Waals surface area contributed by atoms with Crippen molar-refractivity contribution in [1.82, 2.24) is 0 Å². The van der Waals surface area contributed by atoms with Gasteiger partial charge in [0.25, 0.3) is 0 Å². The van der Waals surface area contributed by atoms with Gasteiger partial charge in [-0.15, -0.1) is 0 Å². The molecule has 0 saturated carbocycles. The maximum Gasteiger partial charge on any atom is 0.412 e. The van der Waals surface area contributed by atoms with Crippen LogP contribution in [0.25, 0.3) is 0 Å². The van der Waals surface area contributed by atoms with Crippen LogP contribution < -0.4 is 5.32 Å². The maximum absolute atomic E-state index is 11.7. The Morgan fingerprint density at radius 3 is 2.42 bits per heavy atom. The molecular formula is C13H16BrNO4. The van der Waals surface area contributed by atoms with Gasteiger partial charge in [-0.05, 0) is 48.8 Å². The van der Waals surface area contributed by atoms with Crippen LogP contribution in [0.3, 0.4) is 0 Å². The van der Waals surface area contributed by atoms with Crippen molar-refractivity contribution in [2.45, 2.75) is 26.4 Å². The number of esters is 1. The van der Waals surface area contributed by atoms with Crippen LogP contribution in [0.15, 0.2) is 22.7 Å². The number of benzene rings is 1. The first-order valence-electron chi connectivity index (χ1n) is 5.61. The molecule has 0 heterocycles. The summed E-state index contributed by atoms with van der Waals surface area (Å²) in [4.78, 5) is 23.2. The minimum atomic E-state index is -0.588. The Hall–Kier alpha value is -1.56. The fraction of sp³-hybridized carbons (Fsp3) is 0.385. The lowest BCUT2D eigenvalue weighted by molar-refractivity contribution is 0.0595. The van der Waals surface area contributed by atoms with Gasteiger partial charge in [0.15, 0.2) is 0 Å². The molecule has 19 heavy (non-hydrogen) atoms. The van der Waals surface area contributed by atoms with Crippen LogP contribution in [-0.2, 0) is 9.47 Å². The van der Waals surface area contributed by atoms with E-state index in [0.29, 0.717) is 15.7 Å².